The molecular weight excluding hydrogens is 320 g/mol. The first-order chi connectivity index (χ1) is 8.41. The fourth-order valence-corrected chi connectivity index (χ4v) is 2.47. The van der Waals surface area contributed by atoms with Crippen LogP contribution in [0, 0.1) is 0 Å². The van der Waals surface area contributed by atoms with Gasteiger partial charge in [-0.2, -0.15) is 5.10 Å². The van der Waals surface area contributed by atoms with Gasteiger partial charge in [0, 0.05) is 16.9 Å². The molecule has 5 nitrogen and oxygen atoms in total. The van der Waals surface area contributed by atoms with Gasteiger partial charge >= 0.3 is 0 Å². The van der Waals surface area contributed by atoms with Crippen molar-refractivity contribution in [1.82, 2.24) is 9.78 Å². The second-order valence-corrected chi connectivity index (χ2v) is 6.70. The standard InChI is InChI=1S/C11H11BrN2O3S/c1-18(16,17)10-5-13-14(6-10)9-3-2-8(7-15)11(12)4-9/h2-6,15H,7H2,1H3. The van der Waals surface area contributed by atoms with E-state index in [1.54, 1.807) is 18.2 Å². The summed E-state index contributed by atoms with van der Waals surface area (Å²) in [6, 6.07) is 5.28. The van der Waals surface area contributed by atoms with E-state index >= 15 is 0 Å². The number of hydrogen-bond donors (Lipinski definition) is 1. The smallest absolute Gasteiger partial charge is 0.178 e. The highest BCUT2D eigenvalue weighted by molar-refractivity contribution is 9.10. The molecule has 0 atom stereocenters. The minimum atomic E-state index is -3.25. The van der Waals surface area contributed by atoms with Crippen molar-refractivity contribution >= 4 is 25.8 Å². The number of aromatic nitrogens is 2. The molecule has 0 aliphatic rings. The summed E-state index contributed by atoms with van der Waals surface area (Å²) in [5, 5.41) is 13.1. The monoisotopic (exact) mass is 330 g/mol. The molecule has 0 aliphatic heterocycles. The van der Waals surface area contributed by atoms with E-state index < -0.39 is 9.84 Å². The molecule has 0 amide bonds. The lowest BCUT2D eigenvalue weighted by atomic mass is 10.2. The highest BCUT2D eigenvalue weighted by Crippen LogP contribution is 2.21. The average Bonchev–Trinajstić information content (AvgIpc) is 2.77. The molecule has 1 aromatic heterocycles. The molecule has 0 radical (unpaired) electrons. The number of halogens is 1. The predicted molar refractivity (Wildman–Crippen MR) is 70.3 cm³/mol. The summed E-state index contributed by atoms with van der Waals surface area (Å²) in [7, 11) is -3.25. The molecule has 0 saturated heterocycles. The number of rotatable bonds is 3. The maximum absolute atomic E-state index is 11.3. The molecule has 1 heterocycles. The van der Waals surface area contributed by atoms with Crippen LogP contribution in [0.25, 0.3) is 5.69 Å². The normalized spacial score (nSPS) is 11.7. The SMILES string of the molecule is CS(=O)(=O)c1cnn(-c2ccc(CO)c(Br)c2)c1. The Balaban J connectivity index is 2.44. The van der Waals surface area contributed by atoms with Gasteiger partial charge in [0.1, 0.15) is 4.90 Å². The quantitative estimate of drug-likeness (QED) is 0.926. The van der Waals surface area contributed by atoms with Crippen LogP contribution < -0.4 is 0 Å². The van der Waals surface area contributed by atoms with Gasteiger partial charge in [0.15, 0.2) is 9.84 Å². The van der Waals surface area contributed by atoms with Gasteiger partial charge in [-0.05, 0) is 17.7 Å². The van der Waals surface area contributed by atoms with Gasteiger partial charge in [0.2, 0.25) is 0 Å². The highest BCUT2D eigenvalue weighted by Gasteiger charge is 2.11. The van der Waals surface area contributed by atoms with E-state index in [1.807, 2.05) is 0 Å². The third kappa shape index (κ3) is 2.63. The third-order valence-corrected chi connectivity index (χ3v) is 4.26. The van der Waals surface area contributed by atoms with Gasteiger partial charge in [-0.25, -0.2) is 13.1 Å². The molecule has 2 rings (SSSR count). The lowest BCUT2D eigenvalue weighted by Gasteiger charge is -2.05. The Morgan fingerprint density at radius 3 is 2.67 bits per heavy atom. The summed E-state index contributed by atoms with van der Waals surface area (Å²) in [6.45, 7) is -0.0610. The zero-order valence-corrected chi connectivity index (χ0v) is 11.9. The van der Waals surface area contributed by atoms with E-state index in [1.165, 1.54) is 17.1 Å². The van der Waals surface area contributed by atoms with Crippen LogP contribution in [0.2, 0.25) is 0 Å². The zero-order chi connectivity index (χ0) is 13.3. The molecule has 1 N–H and O–H groups in total. The minimum Gasteiger partial charge on any atom is -0.392 e. The van der Waals surface area contributed by atoms with Crippen molar-refractivity contribution in [1.29, 1.82) is 0 Å². The first kappa shape index (κ1) is 13.3. The van der Waals surface area contributed by atoms with Crippen LogP contribution >= 0.6 is 15.9 Å². The topological polar surface area (TPSA) is 72.2 Å². The van der Waals surface area contributed by atoms with Gasteiger partial charge in [-0.1, -0.05) is 22.0 Å². The van der Waals surface area contributed by atoms with E-state index in [9.17, 15) is 8.42 Å². The van der Waals surface area contributed by atoms with E-state index in [-0.39, 0.29) is 11.5 Å². The molecule has 0 fully saturated rings. The van der Waals surface area contributed by atoms with Crippen LogP contribution in [0.4, 0.5) is 0 Å². The average molecular weight is 331 g/mol. The maximum Gasteiger partial charge on any atom is 0.178 e. The summed E-state index contributed by atoms with van der Waals surface area (Å²) in [5.41, 5.74) is 1.48. The third-order valence-electron chi connectivity index (χ3n) is 2.46. The molecule has 0 bridgehead atoms. The van der Waals surface area contributed by atoms with Crippen LogP contribution in [0.5, 0.6) is 0 Å². The Morgan fingerprint density at radius 1 is 1.44 bits per heavy atom. The number of benzene rings is 1. The summed E-state index contributed by atoms with van der Waals surface area (Å²) in [5.74, 6) is 0. The molecule has 2 aromatic rings. The number of aliphatic hydroxyl groups excluding tert-OH is 1. The van der Waals surface area contributed by atoms with Gasteiger partial charge in [0.05, 0.1) is 18.5 Å². The van der Waals surface area contributed by atoms with Crippen molar-refractivity contribution in [2.45, 2.75) is 11.5 Å². The summed E-state index contributed by atoms with van der Waals surface area (Å²) in [4.78, 5) is 0.171. The Hall–Kier alpha value is -1.18. The van der Waals surface area contributed by atoms with Gasteiger partial charge in [-0.15, -0.1) is 0 Å². The number of aliphatic hydroxyl groups is 1. The fourth-order valence-electron chi connectivity index (χ4n) is 1.45. The summed E-state index contributed by atoms with van der Waals surface area (Å²) >= 11 is 3.33. The first-order valence-electron chi connectivity index (χ1n) is 5.06. The molecule has 1 aromatic carbocycles. The molecule has 0 unspecified atom stereocenters. The predicted octanol–water partition coefficient (Wildman–Crippen LogP) is 1.53. The van der Waals surface area contributed by atoms with Crippen molar-refractivity contribution in [3.05, 3.63) is 40.6 Å². The van der Waals surface area contributed by atoms with Crippen molar-refractivity contribution in [2.24, 2.45) is 0 Å². The Kier molecular flexibility index (Phi) is 3.56. The molecular formula is C11H11BrN2O3S. The molecule has 0 aliphatic carbocycles. The maximum atomic E-state index is 11.3. The molecule has 0 spiro atoms. The van der Waals surface area contributed by atoms with Crippen molar-refractivity contribution in [3.8, 4) is 5.69 Å². The van der Waals surface area contributed by atoms with Crippen LogP contribution in [0.3, 0.4) is 0 Å². The molecule has 0 saturated carbocycles. The van der Waals surface area contributed by atoms with Crippen molar-refractivity contribution in [2.75, 3.05) is 6.26 Å². The van der Waals surface area contributed by atoms with E-state index in [4.69, 9.17) is 5.11 Å². The van der Waals surface area contributed by atoms with Crippen LogP contribution in [-0.2, 0) is 16.4 Å². The van der Waals surface area contributed by atoms with Gasteiger partial charge in [0.25, 0.3) is 0 Å². The fraction of sp³-hybridized carbons (Fsp3) is 0.182. The summed E-state index contributed by atoms with van der Waals surface area (Å²) < 4.78 is 24.9. The van der Waals surface area contributed by atoms with Gasteiger partial charge < -0.3 is 5.11 Å². The van der Waals surface area contributed by atoms with E-state index in [0.29, 0.717) is 5.69 Å². The second-order valence-electron chi connectivity index (χ2n) is 3.83. The minimum absolute atomic E-state index is 0.0610. The summed E-state index contributed by atoms with van der Waals surface area (Å²) in [6.07, 6.45) is 3.90. The van der Waals surface area contributed by atoms with Crippen LogP contribution in [0.1, 0.15) is 5.56 Å². The second kappa shape index (κ2) is 4.83. The van der Waals surface area contributed by atoms with E-state index in [2.05, 4.69) is 21.0 Å². The Bertz CT molecular complexity index is 679. The lowest BCUT2D eigenvalue weighted by molar-refractivity contribution is 0.281. The van der Waals surface area contributed by atoms with Crippen LogP contribution in [-0.4, -0.2) is 29.6 Å². The first-order valence-corrected chi connectivity index (χ1v) is 7.74. The largest absolute Gasteiger partial charge is 0.392 e. The van der Waals surface area contributed by atoms with Crippen molar-refractivity contribution in [3.63, 3.8) is 0 Å². The van der Waals surface area contributed by atoms with E-state index in [0.717, 1.165) is 16.3 Å². The molecule has 96 valence electrons. The number of sulfone groups is 1. The number of nitrogens with zero attached hydrogens (tertiary/aromatic N) is 2. The zero-order valence-electron chi connectivity index (χ0n) is 9.54. The lowest BCUT2D eigenvalue weighted by Crippen LogP contribution is -1.97. The Morgan fingerprint density at radius 2 is 2.17 bits per heavy atom. The molecule has 7 heteroatoms. The van der Waals surface area contributed by atoms with Gasteiger partial charge in [-0.3, -0.25) is 0 Å². The number of hydrogen-bond acceptors (Lipinski definition) is 4. The highest BCUT2D eigenvalue weighted by atomic mass is 79.9. The molecule has 18 heavy (non-hydrogen) atoms. The van der Waals surface area contributed by atoms with Crippen LogP contribution in [0.15, 0.2) is 40.0 Å². The van der Waals surface area contributed by atoms with Crippen molar-refractivity contribution < 1.29 is 13.5 Å². The Labute approximate surface area is 113 Å².